The first kappa shape index (κ1) is 22.6. The van der Waals surface area contributed by atoms with Crippen LogP contribution in [0.2, 0.25) is 0 Å². The molecule has 1 fully saturated rings. The number of nitrogens with one attached hydrogen (secondary N) is 1. The van der Waals surface area contributed by atoms with Crippen LogP contribution in [0.3, 0.4) is 0 Å². The number of nitrogens with zero attached hydrogens (tertiary/aromatic N) is 2. The number of carbonyl (C=O) groups is 1. The summed E-state index contributed by atoms with van der Waals surface area (Å²) in [7, 11) is 1.61. The molecular weight excluding hydrogens is 418 g/mol. The van der Waals surface area contributed by atoms with Gasteiger partial charge in [0.25, 0.3) is 5.91 Å². The molecule has 6 nitrogen and oxygen atoms in total. The van der Waals surface area contributed by atoms with E-state index in [1.807, 2.05) is 24.3 Å². The van der Waals surface area contributed by atoms with E-state index in [2.05, 4.69) is 19.9 Å². The minimum Gasteiger partial charge on any atom is -0.495 e. The van der Waals surface area contributed by atoms with Crippen molar-refractivity contribution in [1.29, 1.82) is 0 Å². The zero-order valence-corrected chi connectivity index (χ0v) is 16.9. The number of halogens is 4. The van der Waals surface area contributed by atoms with Gasteiger partial charge in [-0.25, -0.2) is 13.8 Å². The Morgan fingerprint density at radius 2 is 2.06 bits per heavy atom. The van der Waals surface area contributed by atoms with Gasteiger partial charge in [-0.1, -0.05) is 12.1 Å². The highest BCUT2D eigenvalue weighted by atomic mass is 19.3. The molecule has 1 aromatic heterocycles. The molecule has 2 aromatic rings. The zero-order valence-electron chi connectivity index (χ0n) is 16.9. The Kier molecular flexibility index (Phi) is 7.19. The number of anilines is 1. The normalized spacial score (nSPS) is 16.8. The average Bonchev–Trinajstić information content (AvgIpc) is 2.78. The summed E-state index contributed by atoms with van der Waals surface area (Å²) in [5.74, 6) is -4.15. The number of hydrogen-bond donors (Lipinski definition) is 1. The molecule has 1 aliphatic rings. The number of ether oxygens (including phenoxy) is 2. The highest BCUT2D eigenvalue weighted by Crippen LogP contribution is 2.30. The van der Waals surface area contributed by atoms with Crippen molar-refractivity contribution in [2.45, 2.75) is 31.2 Å². The molecule has 1 amide bonds. The Morgan fingerprint density at radius 3 is 2.74 bits per heavy atom. The summed E-state index contributed by atoms with van der Waals surface area (Å²) in [6, 6.07) is 10.1. The Bertz CT molecular complexity index is 880. The van der Waals surface area contributed by atoms with E-state index < -0.39 is 19.0 Å². The number of methoxy groups -OCH3 is 1. The molecule has 1 unspecified atom stereocenters. The summed E-state index contributed by atoms with van der Waals surface area (Å²) >= 11 is 0. The Hall–Kier alpha value is -3.04. The fraction of sp³-hybridized carbons (Fsp3) is 0.429. The number of rotatable bonds is 8. The summed E-state index contributed by atoms with van der Waals surface area (Å²) < 4.78 is 60.2. The van der Waals surface area contributed by atoms with Gasteiger partial charge < -0.3 is 19.7 Å². The second-order valence-electron chi connectivity index (χ2n) is 7.17. The fourth-order valence-corrected chi connectivity index (χ4v) is 3.31. The third-order valence-electron chi connectivity index (χ3n) is 4.91. The van der Waals surface area contributed by atoms with Crippen molar-refractivity contribution >= 4 is 11.6 Å². The van der Waals surface area contributed by atoms with E-state index in [1.165, 1.54) is 12.1 Å². The number of alkyl halides is 4. The van der Waals surface area contributed by atoms with Gasteiger partial charge in [0.1, 0.15) is 5.75 Å². The molecule has 31 heavy (non-hydrogen) atoms. The summed E-state index contributed by atoms with van der Waals surface area (Å²) in [5, 5.41) is 2.94. The molecular formula is C21H23F4N3O3. The molecule has 1 atom stereocenters. The molecule has 168 valence electrons. The van der Waals surface area contributed by atoms with Crippen LogP contribution in [0.25, 0.3) is 0 Å². The molecule has 2 heterocycles. The van der Waals surface area contributed by atoms with E-state index in [0.717, 1.165) is 37.0 Å². The van der Waals surface area contributed by atoms with E-state index in [9.17, 15) is 22.4 Å². The van der Waals surface area contributed by atoms with Gasteiger partial charge in [-0.2, -0.15) is 8.78 Å². The predicted octanol–water partition coefficient (Wildman–Crippen LogP) is 3.77. The fourth-order valence-electron chi connectivity index (χ4n) is 3.31. The van der Waals surface area contributed by atoms with Crippen molar-refractivity contribution in [2.75, 3.05) is 31.7 Å². The van der Waals surface area contributed by atoms with Crippen LogP contribution in [0.15, 0.2) is 42.6 Å². The predicted molar refractivity (Wildman–Crippen MR) is 106 cm³/mol. The Morgan fingerprint density at radius 1 is 1.29 bits per heavy atom. The van der Waals surface area contributed by atoms with Crippen LogP contribution in [0.1, 0.15) is 23.2 Å². The van der Waals surface area contributed by atoms with E-state index in [-0.39, 0.29) is 23.4 Å². The summed E-state index contributed by atoms with van der Waals surface area (Å²) in [6.45, 7) is -0.0584. The lowest BCUT2D eigenvalue weighted by atomic mass is 10.0. The lowest BCUT2D eigenvalue weighted by Gasteiger charge is -2.35. The van der Waals surface area contributed by atoms with Gasteiger partial charge >= 0.3 is 12.3 Å². The number of amides is 1. The number of para-hydroxylation sites is 2. The molecule has 1 aliphatic heterocycles. The second kappa shape index (κ2) is 9.84. The second-order valence-corrected chi connectivity index (χ2v) is 7.17. The van der Waals surface area contributed by atoms with Crippen LogP contribution >= 0.6 is 0 Å². The van der Waals surface area contributed by atoms with Crippen LogP contribution in [0.4, 0.5) is 23.2 Å². The molecule has 0 spiro atoms. The lowest BCUT2D eigenvalue weighted by molar-refractivity contribution is -0.148. The van der Waals surface area contributed by atoms with E-state index in [0.29, 0.717) is 6.54 Å². The van der Waals surface area contributed by atoms with Gasteiger partial charge in [0, 0.05) is 31.4 Å². The first-order chi connectivity index (χ1) is 14.8. The van der Waals surface area contributed by atoms with E-state index in [4.69, 9.17) is 4.74 Å². The topological polar surface area (TPSA) is 63.7 Å². The monoisotopic (exact) mass is 441 g/mol. The number of pyridine rings is 1. The highest BCUT2D eigenvalue weighted by Gasteiger charge is 2.41. The quantitative estimate of drug-likeness (QED) is 0.632. The van der Waals surface area contributed by atoms with Crippen LogP contribution in [-0.4, -0.2) is 56.1 Å². The van der Waals surface area contributed by atoms with Crippen LogP contribution in [0, 0.1) is 0 Å². The number of hydrogen-bond acceptors (Lipinski definition) is 5. The molecule has 10 heteroatoms. The van der Waals surface area contributed by atoms with Gasteiger partial charge in [0.2, 0.25) is 5.88 Å². The largest absolute Gasteiger partial charge is 0.495 e. The summed E-state index contributed by atoms with van der Waals surface area (Å²) in [5.41, 5.74) is 1.16. The third-order valence-corrected chi connectivity index (χ3v) is 4.91. The van der Waals surface area contributed by atoms with Crippen LogP contribution < -0.4 is 19.7 Å². The first-order valence-corrected chi connectivity index (χ1v) is 9.74. The molecule has 0 saturated carbocycles. The van der Waals surface area contributed by atoms with Crippen LogP contribution in [0.5, 0.6) is 11.6 Å². The number of piperidine rings is 1. The van der Waals surface area contributed by atoms with Gasteiger partial charge in [-0.3, -0.25) is 4.79 Å². The standard InChI is InChI=1S/C21H23F4N3O3/c1-30-17-7-3-2-6-16(17)28-10-4-5-15(12-28)27-19(29)14-8-9-18(26-11-14)31-13-21(24,25)20(22)23/h2-3,6-9,11,15,20H,4-5,10,12-13H2,1H3,(H,27,29). The van der Waals surface area contributed by atoms with Gasteiger partial charge in [0.05, 0.1) is 18.4 Å². The van der Waals surface area contributed by atoms with Gasteiger partial charge in [-0.15, -0.1) is 0 Å². The summed E-state index contributed by atoms with van der Waals surface area (Å²) in [4.78, 5) is 18.4. The Labute approximate surface area is 177 Å². The molecule has 1 aromatic carbocycles. The third kappa shape index (κ3) is 5.77. The maximum atomic E-state index is 12.9. The molecule has 3 rings (SSSR count). The van der Waals surface area contributed by atoms with Crippen molar-refractivity contribution in [3.05, 3.63) is 48.2 Å². The van der Waals surface area contributed by atoms with Crippen LogP contribution in [-0.2, 0) is 0 Å². The number of benzene rings is 1. The molecule has 0 radical (unpaired) electrons. The minimum atomic E-state index is -4.27. The van der Waals surface area contributed by atoms with Crippen molar-refractivity contribution in [1.82, 2.24) is 10.3 Å². The van der Waals surface area contributed by atoms with Crippen molar-refractivity contribution in [2.24, 2.45) is 0 Å². The lowest BCUT2D eigenvalue weighted by Crippen LogP contribution is -2.48. The van der Waals surface area contributed by atoms with E-state index >= 15 is 0 Å². The highest BCUT2D eigenvalue weighted by molar-refractivity contribution is 5.94. The molecule has 1 saturated heterocycles. The van der Waals surface area contributed by atoms with Crippen molar-refractivity contribution < 1.29 is 31.8 Å². The minimum absolute atomic E-state index is 0.105. The summed E-state index contributed by atoms with van der Waals surface area (Å²) in [6.07, 6.45) is -0.990. The van der Waals surface area contributed by atoms with Gasteiger partial charge in [-0.05, 0) is 31.0 Å². The number of aromatic nitrogens is 1. The molecule has 0 aliphatic carbocycles. The SMILES string of the molecule is COc1ccccc1N1CCCC(NC(=O)c2ccc(OCC(F)(F)C(F)F)nc2)C1. The number of carbonyl (C=O) groups excluding carboxylic acids is 1. The van der Waals surface area contributed by atoms with Crippen molar-refractivity contribution in [3.63, 3.8) is 0 Å². The van der Waals surface area contributed by atoms with Gasteiger partial charge in [0.15, 0.2) is 6.61 Å². The molecule has 0 bridgehead atoms. The first-order valence-electron chi connectivity index (χ1n) is 9.74. The van der Waals surface area contributed by atoms with E-state index in [1.54, 1.807) is 7.11 Å². The smallest absolute Gasteiger partial charge is 0.340 e. The maximum absolute atomic E-state index is 12.9. The average molecular weight is 441 g/mol. The Balaban J connectivity index is 1.57. The van der Waals surface area contributed by atoms with Crippen molar-refractivity contribution in [3.8, 4) is 11.6 Å². The zero-order chi connectivity index (χ0) is 22.4. The maximum Gasteiger partial charge on any atom is 0.340 e. The molecule has 1 N–H and O–H groups in total.